The Labute approximate surface area is 65.1 Å². The molecule has 10 heavy (non-hydrogen) atoms. The van der Waals surface area contributed by atoms with E-state index in [1.807, 2.05) is 0 Å². The fraction of sp³-hybridized carbons (Fsp3) is 0. The average molecular weight is 160 g/mol. The molecule has 52 valence electrons. The second-order valence-electron chi connectivity index (χ2n) is 1.50. The molecular formula is C6H4ClNO2. The Morgan fingerprint density at radius 2 is 2.60 bits per heavy atom. The van der Waals surface area contributed by atoms with Crippen molar-refractivity contribution in [3.05, 3.63) is 29.0 Å². The molecule has 4 heteroatoms. The number of aromatic nitrogens is 1. The first-order valence-electron chi connectivity index (χ1n) is 3.39. The van der Waals surface area contributed by atoms with E-state index in [0.717, 1.165) is 6.20 Å². The molecule has 1 aromatic rings. The first-order valence-corrected chi connectivity index (χ1v) is 2.77. The van der Waals surface area contributed by atoms with Crippen molar-refractivity contribution in [3.8, 4) is 0 Å². The number of rotatable bonds is 1. The third-order valence-corrected chi connectivity index (χ3v) is 1.02. The van der Waals surface area contributed by atoms with Gasteiger partial charge in [-0.15, -0.1) is 0 Å². The molecule has 0 saturated heterocycles. The molecule has 0 bridgehead atoms. The van der Waals surface area contributed by atoms with Gasteiger partial charge < -0.3 is 5.11 Å². The summed E-state index contributed by atoms with van der Waals surface area (Å²) in [5.41, 5.74) is -0.421. The highest BCUT2D eigenvalue weighted by Crippen LogP contribution is 2.05. The molecule has 0 amide bonds. The van der Waals surface area contributed by atoms with E-state index in [9.17, 15) is 4.79 Å². The lowest BCUT2D eigenvalue weighted by molar-refractivity contribution is 0.0697. The third-order valence-electron chi connectivity index (χ3n) is 0.829. The Kier molecular flexibility index (Phi) is 1.25. The van der Waals surface area contributed by atoms with Crippen LogP contribution in [0.2, 0.25) is 5.15 Å². The van der Waals surface area contributed by atoms with Gasteiger partial charge in [-0.05, 0) is 12.1 Å². The van der Waals surface area contributed by atoms with Crippen molar-refractivity contribution >= 4 is 17.6 Å². The summed E-state index contributed by atoms with van der Waals surface area (Å²) in [7, 11) is 0. The van der Waals surface area contributed by atoms with Crippen LogP contribution in [0.15, 0.2) is 18.3 Å². The summed E-state index contributed by atoms with van der Waals surface area (Å²) in [5, 5.41) is 8.34. The van der Waals surface area contributed by atoms with Crippen molar-refractivity contribution in [2.45, 2.75) is 0 Å². The molecule has 0 unspecified atom stereocenters. The summed E-state index contributed by atoms with van der Waals surface area (Å²) < 4.78 is 14.3. The van der Waals surface area contributed by atoms with Gasteiger partial charge in [0.15, 0.2) is 0 Å². The zero-order valence-electron chi connectivity index (χ0n) is 6.76. The van der Waals surface area contributed by atoms with Crippen molar-refractivity contribution in [1.29, 1.82) is 0 Å². The first-order chi connectivity index (χ1) is 5.54. The largest absolute Gasteiger partial charge is 0.478 e. The first kappa shape index (κ1) is 4.68. The highest BCUT2D eigenvalue weighted by atomic mass is 35.5. The summed E-state index contributed by atoms with van der Waals surface area (Å²) in [6.07, 6.45) is 1.00. The molecule has 1 aromatic heterocycles. The van der Waals surface area contributed by atoms with Crippen molar-refractivity contribution < 1.29 is 12.6 Å². The van der Waals surface area contributed by atoms with Gasteiger partial charge in [0, 0.05) is 6.20 Å². The lowest BCUT2D eigenvalue weighted by Crippen LogP contribution is -1.95. The highest BCUT2D eigenvalue weighted by Gasteiger charge is 2.01. The van der Waals surface area contributed by atoms with Gasteiger partial charge in [-0.25, -0.2) is 9.78 Å². The minimum absolute atomic E-state index is 0.205. The number of hydrogen-bond acceptors (Lipinski definition) is 2. The Bertz CT molecular complexity index is 343. The molecule has 1 heterocycles. The quantitative estimate of drug-likeness (QED) is 0.631. The van der Waals surface area contributed by atoms with Gasteiger partial charge in [0.05, 0.1) is 8.30 Å². The Morgan fingerprint density at radius 3 is 3.10 bits per heavy atom. The second kappa shape index (κ2) is 2.66. The van der Waals surface area contributed by atoms with Crippen LogP contribution in [0, 0.1) is 0 Å². The number of carbonyl (C=O) groups is 1. The lowest BCUT2D eigenvalue weighted by atomic mass is 10.3. The monoisotopic (exact) mass is 159 g/mol. The molecule has 3 nitrogen and oxygen atoms in total. The van der Waals surface area contributed by atoms with E-state index >= 15 is 0 Å². The molecule has 1 N–H and O–H groups in total. The predicted octanol–water partition coefficient (Wildman–Crippen LogP) is 1.43. The van der Waals surface area contributed by atoms with Gasteiger partial charge >= 0.3 is 5.97 Å². The maximum absolute atomic E-state index is 10.5. The summed E-state index contributed by atoms with van der Waals surface area (Å²) >= 11 is 5.38. The van der Waals surface area contributed by atoms with Crippen molar-refractivity contribution in [2.24, 2.45) is 0 Å². The van der Waals surface area contributed by atoms with Crippen LogP contribution in [0.3, 0.4) is 0 Å². The number of carboxylic acid groups (broad SMARTS) is 1. The van der Waals surface area contributed by atoms with Crippen molar-refractivity contribution in [2.75, 3.05) is 0 Å². The van der Waals surface area contributed by atoms with E-state index in [1.165, 1.54) is 0 Å². The van der Waals surface area contributed by atoms with E-state index in [1.54, 1.807) is 0 Å². The molecule has 0 aliphatic carbocycles. The lowest BCUT2D eigenvalue weighted by Gasteiger charge is -1.91. The molecule has 0 radical (unpaired) electrons. The van der Waals surface area contributed by atoms with E-state index in [2.05, 4.69) is 4.98 Å². The molecule has 0 aliphatic heterocycles. The Balaban J connectivity index is 3.43. The fourth-order valence-electron chi connectivity index (χ4n) is 0.440. The topological polar surface area (TPSA) is 50.2 Å². The fourth-order valence-corrected chi connectivity index (χ4v) is 0.583. The van der Waals surface area contributed by atoms with Gasteiger partial charge in [-0.1, -0.05) is 11.6 Å². The zero-order valence-corrected chi connectivity index (χ0v) is 5.51. The number of halogens is 1. The molecule has 1 rings (SSSR count). The number of nitrogens with zero attached hydrogens (tertiary/aromatic N) is 1. The van der Waals surface area contributed by atoms with Crippen LogP contribution in [0.4, 0.5) is 0 Å². The molecule has 0 atom stereocenters. The number of hydrogen-bond donors (Lipinski definition) is 1. The maximum Gasteiger partial charge on any atom is 0.335 e. The molecule has 0 spiro atoms. The standard InChI is InChI=1S/C6H4ClNO2/c7-5-3-4(6(9)10)1-2-8-5/h1-3H,(H,9,10)/i1D,3D. The average Bonchev–Trinajstić information content (AvgIpc) is 1.97. The van der Waals surface area contributed by atoms with E-state index < -0.39 is 17.6 Å². The minimum Gasteiger partial charge on any atom is -0.478 e. The number of carboxylic acids is 1. The highest BCUT2D eigenvalue weighted by molar-refractivity contribution is 6.29. The molecular weight excluding hydrogens is 154 g/mol. The Hall–Kier alpha value is -1.09. The van der Waals surface area contributed by atoms with Gasteiger partial charge in [-0.3, -0.25) is 0 Å². The normalized spacial score (nSPS) is 12.1. The summed E-state index contributed by atoms with van der Waals surface area (Å²) in [6.45, 7) is 0. The minimum atomic E-state index is -1.34. The molecule has 0 aromatic carbocycles. The maximum atomic E-state index is 10.5. The van der Waals surface area contributed by atoms with Crippen LogP contribution in [0.25, 0.3) is 0 Å². The molecule has 0 fully saturated rings. The van der Waals surface area contributed by atoms with E-state index in [4.69, 9.17) is 19.4 Å². The van der Waals surface area contributed by atoms with E-state index in [-0.39, 0.29) is 11.2 Å². The van der Waals surface area contributed by atoms with Crippen LogP contribution in [0.5, 0.6) is 0 Å². The van der Waals surface area contributed by atoms with Gasteiger partial charge in [0.25, 0.3) is 0 Å². The third kappa shape index (κ3) is 1.45. The van der Waals surface area contributed by atoms with Crippen LogP contribution in [0.1, 0.15) is 13.1 Å². The summed E-state index contributed by atoms with van der Waals surface area (Å²) in [6, 6.07) is -0.728. The number of aromatic carboxylic acids is 1. The van der Waals surface area contributed by atoms with Gasteiger partial charge in [0.2, 0.25) is 0 Å². The molecule has 0 aliphatic rings. The smallest absolute Gasteiger partial charge is 0.335 e. The number of pyridine rings is 1. The van der Waals surface area contributed by atoms with Crippen LogP contribution >= 0.6 is 11.6 Å². The van der Waals surface area contributed by atoms with Crippen molar-refractivity contribution in [1.82, 2.24) is 4.98 Å². The summed E-state index contributed by atoms with van der Waals surface area (Å²) in [4.78, 5) is 13.9. The van der Waals surface area contributed by atoms with Crippen molar-refractivity contribution in [3.63, 3.8) is 0 Å². The van der Waals surface area contributed by atoms with E-state index in [0.29, 0.717) is 0 Å². The second-order valence-corrected chi connectivity index (χ2v) is 1.86. The predicted molar refractivity (Wildman–Crippen MR) is 36.2 cm³/mol. The van der Waals surface area contributed by atoms with Gasteiger partial charge in [-0.2, -0.15) is 0 Å². The summed E-state index contributed by atoms with van der Waals surface area (Å²) in [5.74, 6) is -1.34. The zero-order chi connectivity index (χ0) is 9.30. The van der Waals surface area contributed by atoms with Gasteiger partial charge in [0.1, 0.15) is 5.15 Å². The molecule has 0 saturated carbocycles. The van der Waals surface area contributed by atoms with Crippen LogP contribution in [-0.2, 0) is 0 Å². The van der Waals surface area contributed by atoms with Crippen LogP contribution in [-0.4, -0.2) is 16.1 Å². The van der Waals surface area contributed by atoms with Crippen LogP contribution < -0.4 is 0 Å². The SMILES string of the molecule is [2H]c1cnc(Cl)c([2H])c1C(=O)O. The Morgan fingerprint density at radius 1 is 1.90 bits per heavy atom.